The number of carbonyl (C=O) groups excluding carboxylic acids is 1. The zero-order valence-electron chi connectivity index (χ0n) is 16.2. The van der Waals surface area contributed by atoms with Gasteiger partial charge in [0.15, 0.2) is 0 Å². The summed E-state index contributed by atoms with van der Waals surface area (Å²) in [6.45, 7) is 0. The van der Waals surface area contributed by atoms with E-state index in [4.69, 9.17) is 9.51 Å². The third-order valence-electron chi connectivity index (χ3n) is 5.57. The Morgan fingerprint density at radius 1 is 1.17 bits per heavy atom. The van der Waals surface area contributed by atoms with E-state index in [1.807, 2.05) is 50.6 Å². The number of hydrogen-bond acceptors (Lipinski definition) is 6. The van der Waals surface area contributed by atoms with Crippen LogP contribution in [0.5, 0.6) is 0 Å². The molecule has 1 amide bonds. The standard InChI is InChI=1S/C21H20N6O2/c1-26-12-14(11-23-26)19-16(7-8-17(28)27(19)2)21-24-20(25-29-21)18-15-6-4-3-5-13(15)9-10-22-18/h3-6,9-12,16,19H,7-8H2,1-2H3/t16-,19-/m1/s1. The van der Waals surface area contributed by atoms with E-state index < -0.39 is 0 Å². The molecule has 1 saturated heterocycles. The molecule has 1 fully saturated rings. The average Bonchev–Trinajstić information content (AvgIpc) is 3.39. The molecule has 2 atom stereocenters. The number of rotatable bonds is 3. The monoisotopic (exact) mass is 388 g/mol. The third kappa shape index (κ3) is 2.97. The molecule has 0 aliphatic carbocycles. The van der Waals surface area contributed by atoms with Crippen LogP contribution in [0, 0.1) is 0 Å². The van der Waals surface area contributed by atoms with Crippen molar-refractivity contribution in [3.63, 3.8) is 0 Å². The van der Waals surface area contributed by atoms with E-state index in [2.05, 4.69) is 15.2 Å². The zero-order chi connectivity index (χ0) is 20.0. The summed E-state index contributed by atoms with van der Waals surface area (Å²) in [4.78, 5) is 23.3. The maximum Gasteiger partial charge on any atom is 0.232 e. The van der Waals surface area contributed by atoms with Gasteiger partial charge < -0.3 is 9.42 Å². The Hall–Kier alpha value is -3.55. The summed E-state index contributed by atoms with van der Waals surface area (Å²) in [5, 5.41) is 10.5. The fraction of sp³-hybridized carbons (Fsp3) is 0.286. The lowest BCUT2D eigenvalue weighted by atomic mass is 9.85. The van der Waals surface area contributed by atoms with Crippen molar-refractivity contribution in [2.24, 2.45) is 7.05 Å². The SMILES string of the molecule is CN1C(=O)CC[C@@H](c2nc(-c3nccc4ccccc34)no2)[C@H]1c1cnn(C)c1. The lowest BCUT2D eigenvalue weighted by Gasteiger charge is -2.36. The van der Waals surface area contributed by atoms with E-state index in [0.29, 0.717) is 30.3 Å². The number of aryl methyl sites for hydroxylation is 1. The molecule has 5 rings (SSSR count). The number of aromatic nitrogens is 5. The lowest BCUT2D eigenvalue weighted by molar-refractivity contribution is -0.135. The van der Waals surface area contributed by atoms with Crippen molar-refractivity contribution in [1.82, 2.24) is 29.8 Å². The molecule has 146 valence electrons. The van der Waals surface area contributed by atoms with Gasteiger partial charge in [0.2, 0.25) is 17.6 Å². The second-order valence-electron chi connectivity index (χ2n) is 7.38. The fourth-order valence-corrected chi connectivity index (χ4v) is 4.13. The first kappa shape index (κ1) is 17.5. The molecule has 0 spiro atoms. The van der Waals surface area contributed by atoms with E-state index in [1.54, 1.807) is 22.0 Å². The highest BCUT2D eigenvalue weighted by Crippen LogP contribution is 2.42. The minimum atomic E-state index is -0.196. The number of fused-ring (bicyclic) bond motifs is 1. The molecule has 0 saturated carbocycles. The van der Waals surface area contributed by atoms with Crippen molar-refractivity contribution >= 4 is 16.7 Å². The lowest BCUT2D eigenvalue weighted by Crippen LogP contribution is -2.39. The average molecular weight is 388 g/mol. The van der Waals surface area contributed by atoms with Gasteiger partial charge in [-0.3, -0.25) is 14.5 Å². The highest BCUT2D eigenvalue weighted by Gasteiger charge is 2.39. The Kier molecular flexibility index (Phi) is 4.12. The van der Waals surface area contributed by atoms with Crippen molar-refractivity contribution in [2.45, 2.75) is 24.8 Å². The normalized spacial score (nSPS) is 19.8. The van der Waals surface area contributed by atoms with E-state index in [1.165, 1.54) is 0 Å². The van der Waals surface area contributed by atoms with Crippen LogP contribution >= 0.6 is 0 Å². The minimum absolute atomic E-state index is 0.0990. The first-order valence-corrected chi connectivity index (χ1v) is 9.54. The molecule has 8 heteroatoms. The number of likely N-dealkylation sites (tertiary alicyclic amines) is 1. The van der Waals surface area contributed by atoms with E-state index in [9.17, 15) is 4.79 Å². The van der Waals surface area contributed by atoms with Gasteiger partial charge in [0.25, 0.3) is 0 Å². The maximum atomic E-state index is 12.4. The highest BCUT2D eigenvalue weighted by atomic mass is 16.5. The minimum Gasteiger partial charge on any atom is -0.339 e. The van der Waals surface area contributed by atoms with Crippen LogP contribution in [0.4, 0.5) is 0 Å². The molecule has 0 radical (unpaired) electrons. The van der Waals surface area contributed by atoms with Crippen LogP contribution < -0.4 is 0 Å². The van der Waals surface area contributed by atoms with Crippen molar-refractivity contribution in [2.75, 3.05) is 7.05 Å². The van der Waals surface area contributed by atoms with Crippen LogP contribution in [-0.2, 0) is 11.8 Å². The van der Waals surface area contributed by atoms with Gasteiger partial charge in [-0.25, -0.2) is 0 Å². The van der Waals surface area contributed by atoms with E-state index >= 15 is 0 Å². The molecule has 0 unspecified atom stereocenters. The number of amides is 1. The van der Waals surface area contributed by atoms with Gasteiger partial charge in [0, 0.05) is 43.9 Å². The molecule has 3 aromatic heterocycles. The molecule has 1 aliphatic heterocycles. The number of nitrogens with zero attached hydrogens (tertiary/aromatic N) is 6. The van der Waals surface area contributed by atoms with Crippen LogP contribution in [0.3, 0.4) is 0 Å². The summed E-state index contributed by atoms with van der Waals surface area (Å²) >= 11 is 0. The van der Waals surface area contributed by atoms with Gasteiger partial charge in [0.1, 0.15) is 5.69 Å². The molecule has 29 heavy (non-hydrogen) atoms. The summed E-state index contributed by atoms with van der Waals surface area (Å²) < 4.78 is 7.42. The summed E-state index contributed by atoms with van der Waals surface area (Å²) in [7, 11) is 3.68. The number of hydrogen-bond donors (Lipinski definition) is 0. The molecule has 4 heterocycles. The Morgan fingerprint density at radius 3 is 2.86 bits per heavy atom. The van der Waals surface area contributed by atoms with Gasteiger partial charge in [0.05, 0.1) is 18.2 Å². The number of likely N-dealkylation sites (N-methyl/N-ethyl adjacent to an activating group) is 1. The van der Waals surface area contributed by atoms with Crippen molar-refractivity contribution < 1.29 is 9.32 Å². The molecule has 0 bridgehead atoms. The van der Waals surface area contributed by atoms with Crippen LogP contribution in [0.15, 0.2) is 53.4 Å². The van der Waals surface area contributed by atoms with Gasteiger partial charge in [-0.2, -0.15) is 10.1 Å². The molecule has 8 nitrogen and oxygen atoms in total. The Morgan fingerprint density at radius 2 is 2.03 bits per heavy atom. The maximum absolute atomic E-state index is 12.4. The summed E-state index contributed by atoms with van der Waals surface area (Å²) in [5.74, 6) is 0.980. The van der Waals surface area contributed by atoms with Crippen LogP contribution in [0.2, 0.25) is 0 Å². The molecule has 4 aromatic rings. The van der Waals surface area contributed by atoms with Crippen LogP contribution in [0.1, 0.15) is 36.3 Å². The number of benzene rings is 1. The predicted molar refractivity (Wildman–Crippen MR) is 106 cm³/mol. The fourth-order valence-electron chi connectivity index (χ4n) is 4.13. The largest absolute Gasteiger partial charge is 0.339 e. The molecule has 0 N–H and O–H groups in total. The quantitative estimate of drug-likeness (QED) is 0.536. The zero-order valence-corrected chi connectivity index (χ0v) is 16.2. The summed E-state index contributed by atoms with van der Waals surface area (Å²) in [5.41, 5.74) is 1.65. The highest BCUT2D eigenvalue weighted by molar-refractivity contribution is 5.92. The molecular weight excluding hydrogens is 368 g/mol. The topological polar surface area (TPSA) is 89.9 Å². The first-order valence-electron chi connectivity index (χ1n) is 9.54. The van der Waals surface area contributed by atoms with Gasteiger partial charge in [-0.15, -0.1) is 0 Å². The Bertz CT molecular complexity index is 1190. The van der Waals surface area contributed by atoms with Gasteiger partial charge >= 0.3 is 0 Å². The summed E-state index contributed by atoms with van der Waals surface area (Å²) in [6.07, 6.45) is 6.56. The van der Waals surface area contributed by atoms with Gasteiger partial charge in [-0.1, -0.05) is 29.4 Å². The molecule has 1 aliphatic rings. The molecule has 1 aromatic carbocycles. The number of piperidine rings is 1. The Balaban J connectivity index is 1.55. The van der Waals surface area contributed by atoms with Gasteiger partial charge in [-0.05, 0) is 17.9 Å². The van der Waals surface area contributed by atoms with E-state index in [0.717, 1.165) is 16.3 Å². The first-order chi connectivity index (χ1) is 14.1. The van der Waals surface area contributed by atoms with Crippen molar-refractivity contribution in [3.8, 4) is 11.5 Å². The van der Waals surface area contributed by atoms with Crippen molar-refractivity contribution in [3.05, 3.63) is 60.4 Å². The summed E-state index contributed by atoms with van der Waals surface area (Å²) in [6, 6.07) is 9.75. The second kappa shape index (κ2) is 6.80. The number of pyridine rings is 1. The van der Waals surface area contributed by atoms with E-state index in [-0.39, 0.29) is 17.9 Å². The van der Waals surface area contributed by atoms with Crippen LogP contribution in [0.25, 0.3) is 22.3 Å². The number of carbonyl (C=O) groups is 1. The molecular formula is C21H20N6O2. The van der Waals surface area contributed by atoms with Crippen LogP contribution in [-0.4, -0.2) is 42.8 Å². The Labute approximate surface area is 167 Å². The van der Waals surface area contributed by atoms with Crippen molar-refractivity contribution in [1.29, 1.82) is 0 Å². The third-order valence-corrected chi connectivity index (χ3v) is 5.57. The second-order valence-corrected chi connectivity index (χ2v) is 7.38. The smallest absolute Gasteiger partial charge is 0.232 e. The predicted octanol–water partition coefficient (Wildman–Crippen LogP) is 3.10.